The molecule has 0 unspecified atom stereocenters. The molecule has 0 aliphatic heterocycles. The van der Waals surface area contributed by atoms with Gasteiger partial charge in [0.2, 0.25) is 0 Å². The number of rotatable bonds is 7. The molecule has 8 aromatic carbocycles. The van der Waals surface area contributed by atoms with Crippen molar-refractivity contribution in [3.8, 4) is 44.9 Å². The summed E-state index contributed by atoms with van der Waals surface area (Å²) in [6, 6.07) is 74.9. The van der Waals surface area contributed by atoms with Gasteiger partial charge >= 0.3 is 0 Å². The van der Waals surface area contributed by atoms with Gasteiger partial charge < -0.3 is 4.90 Å². The maximum absolute atomic E-state index is 5.74. The predicted octanol–water partition coefficient (Wildman–Crippen LogP) is 14.1. The fourth-order valence-corrected chi connectivity index (χ4v) is 7.88. The molecule has 2 aromatic heterocycles. The monoisotopic (exact) mass is 701 g/mol. The first kappa shape index (κ1) is 32.3. The Hall–Kier alpha value is -7.36. The molecule has 3 heteroatoms. The Kier molecular flexibility index (Phi) is 8.16. The van der Waals surface area contributed by atoms with Crippen LogP contribution in [0.25, 0.3) is 77.3 Å². The van der Waals surface area contributed by atoms with Crippen LogP contribution in [0.1, 0.15) is 0 Å². The fourth-order valence-electron chi connectivity index (χ4n) is 7.88. The highest BCUT2D eigenvalue weighted by Gasteiger charge is 2.22. The van der Waals surface area contributed by atoms with Crippen LogP contribution >= 0.6 is 0 Å². The molecule has 0 spiro atoms. The number of nitrogens with zero attached hydrogens (tertiary/aromatic N) is 3. The van der Waals surface area contributed by atoms with Crippen LogP contribution in [-0.4, -0.2) is 9.97 Å². The van der Waals surface area contributed by atoms with E-state index < -0.39 is 0 Å². The number of benzene rings is 8. The summed E-state index contributed by atoms with van der Waals surface area (Å²) in [5.74, 6) is 0. The summed E-state index contributed by atoms with van der Waals surface area (Å²) in [7, 11) is 0. The van der Waals surface area contributed by atoms with Gasteiger partial charge in [-0.05, 0) is 58.8 Å². The van der Waals surface area contributed by atoms with Crippen molar-refractivity contribution < 1.29 is 0 Å². The van der Waals surface area contributed by atoms with Gasteiger partial charge in [0.05, 0.1) is 28.3 Å². The van der Waals surface area contributed by atoms with E-state index in [-0.39, 0.29) is 0 Å². The van der Waals surface area contributed by atoms with Gasteiger partial charge in [-0.1, -0.05) is 170 Å². The lowest BCUT2D eigenvalue weighted by Crippen LogP contribution is -2.11. The van der Waals surface area contributed by atoms with Gasteiger partial charge in [0.15, 0.2) is 0 Å². The number of anilines is 3. The van der Waals surface area contributed by atoms with Crippen molar-refractivity contribution in [2.24, 2.45) is 0 Å². The van der Waals surface area contributed by atoms with E-state index >= 15 is 0 Å². The zero-order valence-corrected chi connectivity index (χ0v) is 30.0. The molecule has 10 aromatic rings. The van der Waals surface area contributed by atoms with Gasteiger partial charge in [-0.3, -0.25) is 0 Å². The average molecular weight is 702 g/mol. The summed E-state index contributed by atoms with van der Waals surface area (Å²) in [4.78, 5) is 13.3. The average Bonchev–Trinajstić information content (AvgIpc) is 3.27. The summed E-state index contributed by atoms with van der Waals surface area (Å²) in [5, 5.41) is 5.83. The highest BCUT2D eigenvalue weighted by Crippen LogP contribution is 2.45. The third-order valence-corrected chi connectivity index (χ3v) is 10.4. The topological polar surface area (TPSA) is 29.0 Å². The largest absolute Gasteiger partial charge is 0.310 e. The summed E-state index contributed by atoms with van der Waals surface area (Å²) in [6.45, 7) is 0. The van der Waals surface area contributed by atoms with Crippen molar-refractivity contribution in [1.82, 2.24) is 9.97 Å². The molecule has 0 N–H and O–H groups in total. The molecule has 3 nitrogen and oxygen atoms in total. The van der Waals surface area contributed by atoms with Crippen molar-refractivity contribution in [3.05, 3.63) is 212 Å². The fraction of sp³-hybridized carbons (Fsp3) is 0. The third kappa shape index (κ3) is 5.89. The molecule has 0 aliphatic rings. The molecule has 0 radical (unpaired) electrons. The minimum absolute atomic E-state index is 0.923. The lowest BCUT2D eigenvalue weighted by atomic mass is 9.91. The van der Waals surface area contributed by atoms with Crippen molar-refractivity contribution in [3.63, 3.8) is 0 Å². The van der Waals surface area contributed by atoms with Gasteiger partial charge in [0.25, 0.3) is 0 Å². The first-order chi connectivity index (χ1) is 27.3. The molecule has 0 atom stereocenters. The number of pyridine rings is 2. The van der Waals surface area contributed by atoms with Crippen LogP contribution in [0.2, 0.25) is 0 Å². The molecule has 0 saturated heterocycles. The maximum atomic E-state index is 5.74. The number of para-hydroxylation sites is 4. The Bertz CT molecular complexity index is 2860. The second kappa shape index (κ2) is 13.9. The maximum Gasteiger partial charge on any atom is 0.0809 e. The van der Waals surface area contributed by atoms with Crippen molar-refractivity contribution in [2.75, 3.05) is 4.90 Å². The van der Waals surface area contributed by atoms with Gasteiger partial charge in [0.1, 0.15) is 0 Å². The van der Waals surface area contributed by atoms with Crippen molar-refractivity contribution in [2.45, 2.75) is 0 Å². The van der Waals surface area contributed by atoms with E-state index in [2.05, 4.69) is 205 Å². The van der Waals surface area contributed by atoms with Gasteiger partial charge in [0, 0.05) is 49.8 Å². The third-order valence-electron chi connectivity index (χ3n) is 10.4. The minimum atomic E-state index is 0.923. The van der Waals surface area contributed by atoms with Crippen LogP contribution in [-0.2, 0) is 0 Å². The Morgan fingerprint density at radius 1 is 0.345 bits per heavy atom. The van der Waals surface area contributed by atoms with Crippen LogP contribution < -0.4 is 4.90 Å². The van der Waals surface area contributed by atoms with E-state index in [1.165, 1.54) is 16.2 Å². The van der Waals surface area contributed by atoms with Gasteiger partial charge in [-0.25, -0.2) is 9.97 Å². The molecule has 55 heavy (non-hydrogen) atoms. The molecule has 0 saturated carbocycles. The molecule has 258 valence electrons. The van der Waals surface area contributed by atoms with E-state index in [0.717, 1.165) is 78.3 Å². The summed E-state index contributed by atoms with van der Waals surface area (Å²) in [5.41, 5.74) is 12.3. The first-order valence-electron chi connectivity index (χ1n) is 18.7. The lowest BCUT2D eigenvalue weighted by Gasteiger charge is -2.28. The van der Waals surface area contributed by atoms with E-state index in [1.807, 2.05) is 12.1 Å². The van der Waals surface area contributed by atoms with E-state index in [9.17, 15) is 0 Å². The van der Waals surface area contributed by atoms with Crippen LogP contribution in [0.3, 0.4) is 0 Å². The first-order valence-corrected chi connectivity index (χ1v) is 18.7. The highest BCUT2D eigenvalue weighted by molar-refractivity contribution is 6.24. The smallest absolute Gasteiger partial charge is 0.0809 e. The molecular formula is C52H35N3. The standard InChI is InChI=1S/C52H35N3/c1-5-19-37(20-6-1)47-34-39(35-48(53-47)38-21-7-2-8-22-38)43-29-17-30-45-50-42-27-14-13-18-36(42)32-33-46(50)52(54-51(43)45)44-28-15-16-31-49(44)55(40-23-9-3-10-24-40)41-25-11-4-12-26-41/h1-35H. The number of fused-ring (bicyclic) bond motifs is 5. The van der Waals surface area contributed by atoms with E-state index in [4.69, 9.17) is 9.97 Å². The van der Waals surface area contributed by atoms with Crippen LogP contribution in [0.5, 0.6) is 0 Å². The molecule has 10 rings (SSSR count). The van der Waals surface area contributed by atoms with Gasteiger partial charge in [-0.2, -0.15) is 0 Å². The molecule has 0 amide bonds. The molecular weight excluding hydrogens is 667 g/mol. The quantitative estimate of drug-likeness (QED) is 0.155. The zero-order chi connectivity index (χ0) is 36.6. The molecule has 0 bridgehead atoms. The molecule has 0 fully saturated rings. The van der Waals surface area contributed by atoms with Crippen molar-refractivity contribution in [1.29, 1.82) is 0 Å². The predicted molar refractivity (Wildman–Crippen MR) is 231 cm³/mol. The van der Waals surface area contributed by atoms with Crippen molar-refractivity contribution >= 4 is 49.5 Å². The normalized spacial score (nSPS) is 11.3. The summed E-state index contributed by atoms with van der Waals surface area (Å²) >= 11 is 0. The number of aromatic nitrogens is 2. The number of hydrogen-bond acceptors (Lipinski definition) is 3. The minimum Gasteiger partial charge on any atom is -0.310 e. The van der Waals surface area contributed by atoms with Gasteiger partial charge in [-0.15, -0.1) is 0 Å². The van der Waals surface area contributed by atoms with Crippen LogP contribution in [0.15, 0.2) is 212 Å². The Morgan fingerprint density at radius 3 is 1.53 bits per heavy atom. The molecule has 2 heterocycles. The van der Waals surface area contributed by atoms with E-state index in [0.29, 0.717) is 0 Å². The Morgan fingerprint density at radius 2 is 0.873 bits per heavy atom. The zero-order valence-electron chi connectivity index (χ0n) is 30.0. The Balaban J connectivity index is 1.29. The summed E-state index contributed by atoms with van der Waals surface area (Å²) < 4.78 is 0. The summed E-state index contributed by atoms with van der Waals surface area (Å²) in [6.07, 6.45) is 0. The highest BCUT2D eigenvalue weighted by atomic mass is 15.1. The molecule has 0 aliphatic carbocycles. The second-order valence-corrected chi connectivity index (χ2v) is 13.8. The number of hydrogen-bond donors (Lipinski definition) is 0. The second-order valence-electron chi connectivity index (χ2n) is 13.8. The SMILES string of the molecule is c1ccc(-c2cc(-c3cccc4c3nc(-c3ccccc3N(c3ccccc3)c3ccccc3)c3ccc5ccccc5c34)cc(-c3ccccc3)n2)cc1. The van der Waals surface area contributed by atoms with E-state index in [1.54, 1.807) is 0 Å². The Labute approximate surface area is 320 Å². The lowest BCUT2D eigenvalue weighted by molar-refractivity contribution is 1.28. The van der Waals surface area contributed by atoms with Crippen LogP contribution in [0, 0.1) is 0 Å². The van der Waals surface area contributed by atoms with Crippen LogP contribution in [0.4, 0.5) is 17.1 Å².